The Morgan fingerprint density at radius 3 is 2.65 bits per heavy atom. The zero-order valence-corrected chi connectivity index (χ0v) is 13.0. The van der Waals surface area contributed by atoms with Crippen molar-refractivity contribution in [3.8, 4) is 0 Å². The molecule has 0 radical (unpaired) electrons. The van der Waals surface area contributed by atoms with Gasteiger partial charge < -0.3 is 7.80 Å². The first-order valence-corrected chi connectivity index (χ1v) is 6.99. The minimum Gasteiger partial charge on any atom is -0.379 e. The normalized spacial score (nSPS) is 12.4. The molecule has 0 rings (SSSR count). The van der Waals surface area contributed by atoms with Gasteiger partial charge in [-0.1, -0.05) is 12.5 Å². The second-order valence-electron chi connectivity index (χ2n) is 4.28. The van der Waals surface area contributed by atoms with Gasteiger partial charge in [0.05, 0.1) is 12.7 Å². The first-order valence-electron chi connectivity index (χ1n) is 6.11. The lowest BCUT2D eigenvalue weighted by molar-refractivity contribution is -0.119. The largest absolute Gasteiger partial charge is 0.379 e. The Morgan fingerprint density at radius 2 is 2.12 bits per heavy atom. The van der Waals surface area contributed by atoms with Crippen molar-refractivity contribution in [2.45, 2.75) is 52.1 Å². The molecular formula is C13H23IO3. The van der Waals surface area contributed by atoms with Crippen molar-refractivity contribution in [2.24, 2.45) is 0 Å². The summed E-state index contributed by atoms with van der Waals surface area (Å²) in [5.41, 5.74) is 1.18. The Balaban J connectivity index is 3.54. The molecule has 100 valence electrons. The number of halogens is 1. The van der Waals surface area contributed by atoms with E-state index in [1.807, 2.05) is 36.9 Å². The smallest absolute Gasteiger partial charge is 0.132 e. The molecule has 0 heterocycles. The highest BCUT2D eigenvalue weighted by Crippen LogP contribution is 2.09. The quantitative estimate of drug-likeness (QED) is 0.321. The fraction of sp³-hybridized carbons (Fsp3) is 0.769. The van der Waals surface area contributed by atoms with Gasteiger partial charge in [-0.25, -0.2) is 0 Å². The second-order valence-corrected chi connectivity index (χ2v) is 4.79. The fourth-order valence-electron chi connectivity index (χ4n) is 1.34. The van der Waals surface area contributed by atoms with Gasteiger partial charge in [-0.3, -0.25) is 4.79 Å². The van der Waals surface area contributed by atoms with Crippen molar-refractivity contribution >= 4 is 28.8 Å². The molecule has 0 amide bonds. The summed E-state index contributed by atoms with van der Waals surface area (Å²) in [6.07, 6.45) is 3.96. The molecule has 17 heavy (non-hydrogen) atoms. The minimum atomic E-state index is 0.0240. The van der Waals surface area contributed by atoms with Crippen molar-refractivity contribution in [1.82, 2.24) is 0 Å². The van der Waals surface area contributed by atoms with E-state index in [4.69, 9.17) is 7.80 Å². The first kappa shape index (κ1) is 17.1. The minimum absolute atomic E-state index is 0.0240. The average Bonchev–Trinajstić information content (AvgIpc) is 2.31. The van der Waals surface area contributed by atoms with E-state index < -0.39 is 0 Å². The highest BCUT2D eigenvalue weighted by atomic mass is 127. The predicted molar refractivity (Wildman–Crippen MR) is 78.3 cm³/mol. The van der Waals surface area contributed by atoms with Gasteiger partial charge in [-0.2, -0.15) is 0 Å². The van der Waals surface area contributed by atoms with E-state index in [2.05, 4.69) is 6.58 Å². The molecule has 1 atom stereocenters. The third kappa shape index (κ3) is 10.9. The molecule has 1 unspecified atom stereocenters. The summed E-state index contributed by atoms with van der Waals surface area (Å²) in [5, 5.41) is 0. The lowest BCUT2D eigenvalue weighted by Crippen LogP contribution is -2.18. The van der Waals surface area contributed by atoms with E-state index in [1.54, 1.807) is 0 Å². The summed E-state index contributed by atoms with van der Waals surface area (Å²) in [6.45, 7) is 9.04. The molecule has 0 fully saturated rings. The van der Waals surface area contributed by atoms with E-state index in [-0.39, 0.29) is 11.9 Å². The van der Waals surface area contributed by atoms with Gasteiger partial charge in [0.25, 0.3) is 0 Å². The molecule has 0 aromatic heterocycles. The molecule has 0 bridgehead atoms. The Bertz CT molecular complexity index is 229. The van der Waals surface area contributed by atoms with Crippen LogP contribution >= 0.6 is 23.0 Å². The maximum atomic E-state index is 11.2. The summed E-state index contributed by atoms with van der Waals surface area (Å²) >= 11 is 1.87. The number of Topliss-reactive ketones (excluding diaryl/α,β-unsaturated/α-hetero) is 1. The second kappa shape index (κ2) is 11.2. The summed E-state index contributed by atoms with van der Waals surface area (Å²) < 4.78 is 10.8. The lowest BCUT2D eigenvalue weighted by atomic mass is 10.1. The van der Waals surface area contributed by atoms with Gasteiger partial charge in [-0.05, 0) is 26.2 Å². The number of carbonyl (C=O) groups is 1. The van der Waals surface area contributed by atoms with Gasteiger partial charge in [-0.15, -0.1) is 6.58 Å². The summed E-state index contributed by atoms with van der Waals surface area (Å²) in [4.78, 5) is 11.2. The standard InChI is InChI=1S/C13H23IO3/c1-4-12(15)7-8-13(17-14)10-16-9-5-6-11(2)3/h13H,2,4-10H2,1,3H3. The summed E-state index contributed by atoms with van der Waals surface area (Å²) in [6, 6.07) is 0. The monoisotopic (exact) mass is 354 g/mol. The van der Waals surface area contributed by atoms with Crippen LogP contribution in [0, 0.1) is 0 Å². The van der Waals surface area contributed by atoms with Crippen LogP contribution in [0.25, 0.3) is 0 Å². The predicted octanol–water partition coefficient (Wildman–Crippen LogP) is 3.85. The van der Waals surface area contributed by atoms with E-state index in [9.17, 15) is 4.79 Å². The Labute approximate surface area is 119 Å². The van der Waals surface area contributed by atoms with E-state index >= 15 is 0 Å². The van der Waals surface area contributed by atoms with Gasteiger partial charge in [0.1, 0.15) is 28.8 Å². The molecule has 0 aliphatic heterocycles. The Kier molecular flexibility index (Phi) is 11.2. The molecule has 0 aromatic carbocycles. The van der Waals surface area contributed by atoms with Crippen LogP contribution < -0.4 is 0 Å². The lowest BCUT2D eigenvalue weighted by Gasteiger charge is -2.13. The molecule has 0 N–H and O–H groups in total. The van der Waals surface area contributed by atoms with Crippen molar-refractivity contribution < 1.29 is 12.6 Å². The molecular weight excluding hydrogens is 331 g/mol. The van der Waals surface area contributed by atoms with Crippen LogP contribution in [0.2, 0.25) is 0 Å². The van der Waals surface area contributed by atoms with Crippen molar-refractivity contribution in [1.29, 1.82) is 0 Å². The van der Waals surface area contributed by atoms with Crippen LogP contribution in [0.3, 0.4) is 0 Å². The molecule has 0 saturated heterocycles. The first-order chi connectivity index (χ1) is 8.10. The summed E-state index contributed by atoms with van der Waals surface area (Å²) in [7, 11) is 0. The number of hydrogen-bond donors (Lipinski definition) is 0. The number of ether oxygens (including phenoxy) is 1. The number of rotatable bonds is 11. The molecule has 0 saturated carbocycles. The van der Waals surface area contributed by atoms with Gasteiger partial charge in [0, 0.05) is 19.4 Å². The average molecular weight is 354 g/mol. The van der Waals surface area contributed by atoms with Crippen molar-refractivity contribution in [3.05, 3.63) is 12.2 Å². The SMILES string of the molecule is C=C(C)CCCOCC(CCC(=O)CC)OI. The molecule has 3 nitrogen and oxygen atoms in total. The van der Waals surface area contributed by atoms with Crippen LogP contribution in [0.15, 0.2) is 12.2 Å². The van der Waals surface area contributed by atoms with Crippen molar-refractivity contribution in [3.63, 3.8) is 0 Å². The molecule has 0 spiro atoms. The van der Waals surface area contributed by atoms with Crippen LogP contribution in [0.5, 0.6) is 0 Å². The molecule has 0 aliphatic rings. The topological polar surface area (TPSA) is 35.5 Å². The van der Waals surface area contributed by atoms with E-state index in [0.717, 1.165) is 25.9 Å². The van der Waals surface area contributed by atoms with Crippen LogP contribution in [-0.4, -0.2) is 25.1 Å². The van der Waals surface area contributed by atoms with Gasteiger partial charge in [0.15, 0.2) is 0 Å². The number of allylic oxidation sites excluding steroid dienone is 1. The molecule has 0 aliphatic carbocycles. The highest BCUT2D eigenvalue weighted by molar-refractivity contribution is 14.1. The molecule has 0 aromatic rings. The zero-order valence-electron chi connectivity index (χ0n) is 10.8. The third-order valence-corrected chi connectivity index (χ3v) is 3.18. The highest BCUT2D eigenvalue weighted by Gasteiger charge is 2.10. The number of hydrogen-bond acceptors (Lipinski definition) is 3. The van der Waals surface area contributed by atoms with E-state index in [0.29, 0.717) is 19.4 Å². The van der Waals surface area contributed by atoms with E-state index in [1.165, 1.54) is 5.57 Å². The maximum Gasteiger partial charge on any atom is 0.132 e. The Hall–Kier alpha value is 0.0600. The zero-order chi connectivity index (χ0) is 13.1. The number of carbonyl (C=O) groups excluding carboxylic acids is 1. The van der Waals surface area contributed by atoms with Crippen LogP contribution in [0.4, 0.5) is 0 Å². The number of ketones is 1. The van der Waals surface area contributed by atoms with Gasteiger partial charge in [0.2, 0.25) is 0 Å². The van der Waals surface area contributed by atoms with Crippen LogP contribution in [0.1, 0.15) is 46.0 Å². The third-order valence-electron chi connectivity index (χ3n) is 2.46. The molecule has 4 heteroatoms. The van der Waals surface area contributed by atoms with Crippen LogP contribution in [-0.2, 0) is 12.6 Å². The van der Waals surface area contributed by atoms with Gasteiger partial charge >= 0.3 is 0 Å². The fourth-order valence-corrected chi connectivity index (χ4v) is 1.74. The summed E-state index contributed by atoms with van der Waals surface area (Å²) in [5.74, 6) is 0.283. The maximum absolute atomic E-state index is 11.2. The van der Waals surface area contributed by atoms with Crippen molar-refractivity contribution in [2.75, 3.05) is 13.2 Å². The Morgan fingerprint density at radius 1 is 1.41 bits per heavy atom.